The normalized spacial score (nSPS) is 11.9. The summed E-state index contributed by atoms with van der Waals surface area (Å²) in [5.74, 6) is 0.874. The quantitative estimate of drug-likeness (QED) is 0.330. The second-order valence-electron chi connectivity index (χ2n) is 7.39. The van der Waals surface area contributed by atoms with Gasteiger partial charge in [0.25, 0.3) is 11.2 Å². The van der Waals surface area contributed by atoms with Gasteiger partial charge in [-0.15, -0.1) is 0 Å². The van der Waals surface area contributed by atoms with Crippen LogP contribution < -0.4 is 10.3 Å². The van der Waals surface area contributed by atoms with Crippen LogP contribution in [-0.2, 0) is 5.41 Å². The molecule has 2 aromatic carbocycles. The fraction of sp³-hybridized carbons (Fsp3) is 0.250. The van der Waals surface area contributed by atoms with E-state index in [1.165, 1.54) is 36.2 Å². The van der Waals surface area contributed by atoms with E-state index in [-0.39, 0.29) is 11.2 Å². The summed E-state index contributed by atoms with van der Waals surface area (Å²) in [6.07, 6.45) is 1.37. The third-order valence-electron chi connectivity index (χ3n) is 4.22. The number of hydrogen-bond donors (Lipinski definition) is 0. The maximum Gasteiger partial charge on any atom is 0.282 e. The van der Waals surface area contributed by atoms with E-state index in [9.17, 15) is 14.9 Å². The van der Waals surface area contributed by atoms with Crippen LogP contribution in [0.5, 0.6) is 5.75 Å². The van der Waals surface area contributed by atoms with Gasteiger partial charge in [-0.25, -0.2) is 4.98 Å². The molecule has 8 nitrogen and oxygen atoms in total. The number of aromatic nitrogens is 2. The lowest BCUT2D eigenvalue weighted by atomic mass is 9.95. The van der Waals surface area contributed by atoms with E-state index < -0.39 is 10.3 Å². The molecular formula is C20H19BrN4O4. The van der Waals surface area contributed by atoms with Crippen molar-refractivity contribution in [2.75, 3.05) is 7.11 Å². The fourth-order valence-corrected chi connectivity index (χ4v) is 3.16. The molecule has 0 aliphatic carbocycles. The molecule has 1 aromatic heterocycles. The van der Waals surface area contributed by atoms with Gasteiger partial charge in [-0.05, 0) is 24.3 Å². The standard InChI is InChI=1S/C20H19BrN4O4/c1-20(2,3)19-23-16-7-5-13(21)10-15(16)18(26)24(19)22-11-12-9-14(25(27)28)6-8-17(12)29-4/h5-11H,1-4H3. The first-order valence-corrected chi connectivity index (χ1v) is 9.50. The smallest absolute Gasteiger partial charge is 0.282 e. The third kappa shape index (κ3) is 4.19. The summed E-state index contributed by atoms with van der Waals surface area (Å²) in [5, 5.41) is 15.8. The largest absolute Gasteiger partial charge is 0.496 e. The minimum Gasteiger partial charge on any atom is -0.496 e. The summed E-state index contributed by atoms with van der Waals surface area (Å²) in [4.78, 5) is 28.4. The second-order valence-corrected chi connectivity index (χ2v) is 8.31. The molecule has 150 valence electrons. The highest BCUT2D eigenvalue weighted by atomic mass is 79.9. The molecule has 0 aliphatic heterocycles. The summed E-state index contributed by atoms with van der Waals surface area (Å²) in [6, 6.07) is 9.46. The molecule has 1 heterocycles. The van der Waals surface area contributed by atoms with Crippen molar-refractivity contribution in [3.8, 4) is 5.75 Å². The predicted octanol–water partition coefficient (Wildman–Crippen LogP) is 4.26. The third-order valence-corrected chi connectivity index (χ3v) is 4.71. The number of fused-ring (bicyclic) bond motifs is 1. The summed E-state index contributed by atoms with van der Waals surface area (Å²) >= 11 is 3.37. The van der Waals surface area contributed by atoms with Gasteiger partial charge in [0.05, 0.1) is 29.2 Å². The molecule has 0 N–H and O–H groups in total. The van der Waals surface area contributed by atoms with Crippen molar-refractivity contribution in [3.63, 3.8) is 0 Å². The topological polar surface area (TPSA) is 99.6 Å². The highest BCUT2D eigenvalue weighted by Gasteiger charge is 2.23. The molecule has 3 rings (SSSR count). The summed E-state index contributed by atoms with van der Waals surface area (Å²) in [5.41, 5.74) is 0.0493. The van der Waals surface area contributed by atoms with Crippen LogP contribution in [0, 0.1) is 10.1 Å². The van der Waals surface area contributed by atoms with E-state index in [4.69, 9.17) is 4.74 Å². The van der Waals surface area contributed by atoms with Crippen molar-refractivity contribution >= 4 is 38.7 Å². The van der Waals surface area contributed by atoms with Crippen LogP contribution in [0.4, 0.5) is 5.69 Å². The van der Waals surface area contributed by atoms with Crippen molar-refractivity contribution in [1.82, 2.24) is 9.66 Å². The lowest BCUT2D eigenvalue weighted by molar-refractivity contribution is -0.384. The van der Waals surface area contributed by atoms with Gasteiger partial charge in [0, 0.05) is 27.6 Å². The molecule has 0 radical (unpaired) electrons. The molecule has 0 fully saturated rings. The van der Waals surface area contributed by atoms with Crippen LogP contribution in [0.25, 0.3) is 10.9 Å². The minimum atomic E-state index is -0.501. The average Bonchev–Trinajstić information content (AvgIpc) is 2.66. The molecule has 29 heavy (non-hydrogen) atoms. The number of hydrogen-bond acceptors (Lipinski definition) is 6. The highest BCUT2D eigenvalue weighted by Crippen LogP contribution is 2.24. The zero-order valence-electron chi connectivity index (χ0n) is 16.3. The van der Waals surface area contributed by atoms with E-state index in [1.807, 2.05) is 26.8 Å². The zero-order chi connectivity index (χ0) is 21.3. The molecule has 0 saturated carbocycles. The van der Waals surface area contributed by atoms with E-state index in [0.29, 0.717) is 28.0 Å². The number of non-ortho nitro benzene ring substituents is 1. The Kier molecular flexibility index (Phi) is 5.52. The molecule has 9 heteroatoms. The number of nitro groups is 1. The highest BCUT2D eigenvalue weighted by molar-refractivity contribution is 9.10. The maximum absolute atomic E-state index is 13.1. The molecular weight excluding hydrogens is 440 g/mol. The Morgan fingerprint density at radius 3 is 2.59 bits per heavy atom. The summed E-state index contributed by atoms with van der Waals surface area (Å²) in [7, 11) is 1.46. The Labute approximate surface area is 175 Å². The van der Waals surface area contributed by atoms with Gasteiger partial charge in [-0.1, -0.05) is 36.7 Å². The monoisotopic (exact) mass is 458 g/mol. The first-order chi connectivity index (χ1) is 13.6. The number of benzene rings is 2. The van der Waals surface area contributed by atoms with Gasteiger partial charge in [-0.2, -0.15) is 9.78 Å². The maximum atomic E-state index is 13.1. The lowest BCUT2D eigenvalue weighted by Gasteiger charge is -2.20. The second kappa shape index (κ2) is 7.75. The Balaban J connectivity index is 2.24. The van der Waals surface area contributed by atoms with Crippen LogP contribution in [0.2, 0.25) is 0 Å². The first kappa shape index (κ1) is 20.7. The van der Waals surface area contributed by atoms with Crippen LogP contribution in [0.15, 0.2) is 50.8 Å². The summed E-state index contributed by atoms with van der Waals surface area (Å²) in [6.45, 7) is 5.79. The molecule has 0 bridgehead atoms. The average molecular weight is 459 g/mol. The molecule has 0 amide bonds. The van der Waals surface area contributed by atoms with E-state index in [1.54, 1.807) is 12.1 Å². The predicted molar refractivity (Wildman–Crippen MR) is 115 cm³/mol. The molecule has 3 aromatic rings. The number of nitrogens with zero attached hydrogens (tertiary/aromatic N) is 4. The zero-order valence-corrected chi connectivity index (χ0v) is 17.9. The minimum absolute atomic E-state index is 0.101. The van der Waals surface area contributed by atoms with Gasteiger partial charge in [0.15, 0.2) is 0 Å². The van der Waals surface area contributed by atoms with Gasteiger partial charge in [0.2, 0.25) is 0 Å². The Morgan fingerprint density at radius 1 is 1.24 bits per heavy atom. The van der Waals surface area contributed by atoms with Gasteiger partial charge < -0.3 is 4.74 Å². The van der Waals surface area contributed by atoms with E-state index >= 15 is 0 Å². The van der Waals surface area contributed by atoms with Crippen molar-refractivity contribution in [2.24, 2.45) is 5.10 Å². The first-order valence-electron chi connectivity index (χ1n) is 8.71. The van der Waals surface area contributed by atoms with Crippen molar-refractivity contribution in [1.29, 1.82) is 0 Å². The van der Waals surface area contributed by atoms with Gasteiger partial charge in [-0.3, -0.25) is 14.9 Å². The Bertz CT molecular complexity index is 1200. The molecule has 0 atom stereocenters. The SMILES string of the molecule is COc1ccc([N+](=O)[O-])cc1C=Nn1c(C(C)(C)C)nc2ccc(Br)cc2c1=O. The van der Waals surface area contributed by atoms with Crippen molar-refractivity contribution < 1.29 is 9.66 Å². The van der Waals surface area contributed by atoms with Crippen LogP contribution >= 0.6 is 15.9 Å². The van der Waals surface area contributed by atoms with Crippen molar-refractivity contribution in [2.45, 2.75) is 26.2 Å². The lowest BCUT2D eigenvalue weighted by Crippen LogP contribution is -2.29. The Hall–Kier alpha value is -3.07. The molecule has 0 aliphatic rings. The van der Waals surface area contributed by atoms with Crippen LogP contribution in [-0.4, -0.2) is 27.9 Å². The fourth-order valence-electron chi connectivity index (χ4n) is 2.80. The van der Waals surface area contributed by atoms with Crippen molar-refractivity contribution in [3.05, 3.63) is 72.7 Å². The number of halogens is 1. The van der Waals surface area contributed by atoms with Crippen LogP contribution in [0.1, 0.15) is 32.2 Å². The van der Waals surface area contributed by atoms with Gasteiger partial charge >= 0.3 is 0 Å². The summed E-state index contributed by atoms with van der Waals surface area (Å²) < 4.78 is 7.24. The Morgan fingerprint density at radius 2 is 1.97 bits per heavy atom. The number of rotatable bonds is 4. The molecule has 0 unspecified atom stereocenters. The molecule has 0 saturated heterocycles. The molecule has 0 spiro atoms. The van der Waals surface area contributed by atoms with E-state index in [0.717, 1.165) is 4.47 Å². The van der Waals surface area contributed by atoms with Gasteiger partial charge in [0.1, 0.15) is 11.6 Å². The number of methoxy groups -OCH3 is 1. The number of nitro benzene ring substituents is 1. The number of ether oxygens (including phenoxy) is 1. The van der Waals surface area contributed by atoms with Crippen LogP contribution in [0.3, 0.4) is 0 Å². The van der Waals surface area contributed by atoms with E-state index in [2.05, 4.69) is 26.0 Å².